The summed E-state index contributed by atoms with van der Waals surface area (Å²) in [4.78, 5) is 26.9. The summed E-state index contributed by atoms with van der Waals surface area (Å²) in [5.74, 6) is 0.375. The molecule has 130 valence electrons. The zero-order valence-electron chi connectivity index (χ0n) is 13.7. The summed E-state index contributed by atoms with van der Waals surface area (Å²) in [5, 5.41) is 7.99. The van der Waals surface area contributed by atoms with E-state index >= 15 is 0 Å². The summed E-state index contributed by atoms with van der Waals surface area (Å²) < 4.78 is 7.88. The van der Waals surface area contributed by atoms with E-state index in [0.29, 0.717) is 17.0 Å². The molecule has 0 aliphatic carbocycles. The molecule has 8 nitrogen and oxygen atoms in total. The zero-order chi connectivity index (χ0) is 17.9. The standard InChI is InChI=1S/C18H15N5O3/c24-17(12-22-18(25)16-8-9-19-23(16)13-20-22)21(11-15-7-4-10-26-15)14-5-2-1-3-6-14/h1-10,13H,11-12H2. The molecule has 1 amide bonds. The molecule has 0 radical (unpaired) electrons. The second-order valence-corrected chi connectivity index (χ2v) is 5.65. The maximum Gasteiger partial charge on any atom is 0.293 e. The first-order valence-corrected chi connectivity index (χ1v) is 7.99. The first-order valence-electron chi connectivity index (χ1n) is 7.99. The number of amides is 1. The van der Waals surface area contributed by atoms with Crippen molar-refractivity contribution in [2.75, 3.05) is 4.90 Å². The Bertz CT molecular complexity index is 1080. The Balaban J connectivity index is 1.65. The number of hydrogen-bond acceptors (Lipinski definition) is 5. The highest BCUT2D eigenvalue weighted by Gasteiger charge is 2.19. The lowest BCUT2D eigenvalue weighted by Gasteiger charge is -2.22. The lowest BCUT2D eigenvalue weighted by molar-refractivity contribution is -0.119. The quantitative estimate of drug-likeness (QED) is 0.548. The largest absolute Gasteiger partial charge is 0.467 e. The first-order chi connectivity index (χ1) is 12.7. The number of carbonyl (C=O) groups is 1. The number of anilines is 1. The highest BCUT2D eigenvalue weighted by Crippen LogP contribution is 2.17. The highest BCUT2D eigenvalue weighted by molar-refractivity contribution is 5.93. The van der Waals surface area contributed by atoms with E-state index in [1.165, 1.54) is 17.0 Å². The van der Waals surface area contributed by atoms with Crippen molar-refractivity contribution in [2.45, 2.75) is 13.1 Å². The third-order valence-electron chi connectivity index (χ3n) is 3.97. The molecule has 8 heteroatoms. The molecular weight excluding hydrogens is 334 g/mol. The second kappa shape index (κ2) is 6.67. The van der Waals surface area contributed by atoms with Crippen molar-refractivity contribution in [2.24, 2.45) is 0 Å². The van der Waals surface area contributed by atoms with Crippen LogP contribution in [-0.2, 0) is 17.9 Å². The van der Waals surface area contributed by atoms with Gasteiger partial charge in [0.05, 0.1) is 19.0 Å². The van der Waals surface area contributed by atoms with Crippen LogP contribution in [0.3, 0.4) is 0 Å². The maximum absolute atomic E-state index is 12.9. The molecule has 3 aromatic heterocycles. The fourth-order valence-corrected chi connectivity index (χ4v) is 2.69. The van der Waals surface area contributed by atoms with Gasteiger partial charge in [0.2, 0.25) is 5.91 Å². The average Bonchev–Trinajstić information content (AvgIpc) is 3.34. The normalized spacial score (nSPS) is 10.9. The van der Waals surface area contributed by atoms with Crippen LogP contribution in [0.2, 0.25) is 0 Å². The molecule has 0 saturated heterocycles. The summed E-state index contributed by atoms with van der Waals surface area (Å²) in [6.45, 7) is 0.0790. The van der Waals surface area contributed by atoms with Gasteiger partial charge in [-0.3, -0.25) is 9.59 Å². The Morgan fingerprint density at radius 3 is 2.69 bits per heavy atom. The average molecular weight is 349 g/mol. The summed E-state index contributed by atoms with van der Waals surface area (Å²) in [7, 11) is 0. The molecule has 4 aromatic rings. The molecule has 0 atom stereocenters. The van der Waals surface area contributed by atoms with Crippen LogP contribution in [0.5, 0.6) is 0 Å². The van der Waals surface area contributed by atoms with E-state index in [-0.39, 0.29) is 24.6 Å². The number of furan rings is 1. The van der Waals surface area contributed by atoms with Crippen LogP contribution < -0.4 is 10.5 Å². The van der Waals surface area contributed by atoms with Gasteiger partial charge < -0.3 is 9.32 Å². The van der Waals surface area contributed by atoms with E-state index in [0.717, 1.165) is 4.68 Å². The Kier molecular flexibility index (Phi) is 4.06. The van der Waals surface area contributed by atoms with Crippen LogP contribution in [0.1, 0.15) is 5.76 Å². The van der Waals surface area contributed by atoms with Gasteiger partial charge in [0.15, 0.2) is 0 Å². The van der Waals surface area contributed by atoms with E-state index < -0.39 is 0 Å². The number of fused-ring (bicyclic) bond motifs is 1. The summed E-state index contributed by atoms with van der Waals surface area (Å²) in [6.07, 6.45) is 4.48. The minimum Gasteiger partial charge on any atom is -0.467 e. The topological polar surface area (TPSA) is 85.6 Å². The number of benzene rings is 1. The maximum atomic E-state index is 12.9. The Morgan fingerprint density at radius 1 is 1.08 bits per heavy atom. The van der Waals surface area contributed by atoms with E-state index in [1.807, 2.05) is 30.3 Å². The van der Waals surface area contributed by atoms with Gasteiger partial charge in [-0.2, -0.15) is 10.2 Å². The molecule has 3 heterocycles. The molecule has 0 saturated carbocycles. The third kappa shape index (κ3) is 3.00. The van der Waals surface area contributed by atoms with Crippen LogP contribution >= 0.6 is 0 Å². The van der Waals surface area contributed by atoms with Gasteiger partial charge in [-0.05, 0) is 30.3 Å². The molecule has 0 bridgehead atoms. The Labute approximate surface area is 147 Å². The number of para-hydroxylation sites is 1. The summed E-state index contributed by atoms with van der Waals surface area (Å²) in [6, 6.07) is 14.4. The second-order valence-electron chi connectivity index (χ2n) is 5.65. The molecule has 0 N–H and O–H groups in total. The Hall–Kier alpha value is -3.68. The molecule has 0 aliphatic heterocycles. The molecule has 0 fully saturated rings. The van der Waals surface area contributed by atoms with Gasteiger partial charge in [-0.1, -0.05) is 18.2 Å². The van der Waals surface area contributed by atoms with Crippen molar-refractivity contribution in [1.29, 1.82) is 0 Å². The van der Waals surface area contributed by atoms with Crippen LogP contribution in [0.4, 0.5) is 5.69 Å². The fourth-order valence-electron chi connectivity index (χ4n) is 2.69. The summed E-state index contributed by atoms with van der Waals surface area (Å²) in [5.41, 5.74) is 0.710. The monoisotopic (exact) mass is 349 g/mol. The molecule has 26 heavy (non-hydrogen) atoms. The van der Waals surface area contributed by atoms with Gasteiger partial charge in [-0.25, -0.2) is 9.20 Å². The van der Waals surface area contributed by atoms with Gasteiger partial charge in [0.25, 0.3) is 5.56 Å². The predicted octanol–water partition coefficient (Wildman–Crippen LogP) is 1.72. The number of rotatable bonds is 5. The molecule has 0 unspecified atom stereocenters. The predicted molar refractivity (Wildman–Crippen MR) is 93.6 cm³/mol. The van der Waals surface area contributed by atoms with Gasteiger partial charge in [0, 0.05) is 5.69 Å². The van der Waals surface area contributed by atoms with E-state index in [9.17, 15) is 9.59 Å². The number of aromatic nitrogens is 4. The molecule has 0 aliphatic rings. The van der Waals surface area contributed by atoms with Crippen molar-refractivity contribution in [3.8, 4) is 0 Å². The van der Waals surface area contributed by atoms with Gasteiger partial charge in [0.1, 0.15) is 24.1 Å². The lowest BCUT2D eigenvalue weighted by atomic mass is 10.2. The molecule has 0 spiro atoms. The van der Waals surface area contributed by atoms with Crippen molar-refractivity contribution in [1.82, 2.24) is 19.4 Å². The van der Waals surface area contributed by atoms with Crippen molar-refractivity contribution in [3.63, 3.8) is 0 Å². The number of carbonyl (C=O) groups excluding carboxylic acids is 1. The van der Waals surface area contributed by atoms with Crippen molar-refractivity contribution < 1.29 is 9.21 Å². The molecule has 4 rings (SSSR count). The minimum atomic E-state index is -0.371. The van der Waals surface area contributed by atoms with Crippen LogP contribution in [0, 0.1) is 0 Å². The van der Waals surface area contributed by atoms with Crippen molar-refractivity contribution >= 4 is 17.1 Å². The first kappa shape index (κ1) is 15.8. The third-order valence-corrected chi connectivity index (χ3v) is 3.97. The van der Waals surface area contributed by atoms with E-state index in [2.05, 4.69) is 10.2 Å². The van der Waals surface area contributed by atoms with Crippen LogP contribution in [-0.4, -0.2) is 25.3 Å². The van der Waals surface area contributed by atoms with Gasteiger partial charge in [-0.15, -0.1) is 0 Å². The van der Waals surface area contributed by atoms with E-state index in [1.54, 1.807) is 29.4 Å². The number of nitrogens with zero attached hydrogens (tertiary/aromatic N) is 5. The molecular formula is C18H15N5O3. The Morgan fingerprint density at radius 2 is 1.92 bits per heavy atom. The fraction of sp³-hybridized carbons (Fsp3) is 0.111. The van der Waals surface area contributed by atoms with Crippen LogP contribution in [0.15, 0.2) is 76.5 Å². The zero-order valence-corrected chi connectivity index (χ0v) is 13.7. The van der Waals surface area contributed by atoms with Gasteiger partial charge >= 0.3 is 0 Å². The summed E-state index contributed by atoms with van der Waals surface area (Å²) >= 11 is 0. The van der Waals surface area contributed by atoms with Crippen molar-refractivity contribution in [3.05, 3.63) is 83.4 Å². The van der Waals surface area contributed by atoms with E-state index in [4.69, 9.17) is 4.42 Å². The highest BCUT2D eigenvalue weighted by atomic mass is 16.3. The minimum absolute atomic E-state index is 0.184. The number of hydrogen-bond donors (Lipinski definition) is 0. The lowest BCUT2D eigenvalue weighted by Crippen LogP contribution is -2.37. The molecule has 1 aromatic carbocycles. The SMILES string of the molecule is O=C(Cn1ncn2nccc2c1=O)N(Cc1ccco1)c1ccccc1. The van der Waals surface area contributed by atoms with Crippen LogP contribution in [0.25, 0.3) is 5.52 Å². The smallest absolute Gasteiger partial charge is 0.293 e.